The van der Waals surface area contributed by atoms with Gasteiger partial charge in [0.2, 0.25) is 70.9 Å². The van der Waals surface area contributed by atoms with E-state index in [4.69, 9.17) is 26.7 Å². The van der Waals surface area contributed by atoms with Crippen LogP contribution in [-0.4, -0.2) is 258 Å². The summed E-state index contributed by atoms with van der Waals surface area (Å²) in [5, 5.41) is 91.7. The lowest BCUT2D eigenvalue weighted by molar-refractivity contribution is -0.139. The highest BCUT2D eigenvalue weighted by molar-refractivity contribution is 14.1. The molecule has 0 fully saturated rings. The van der Waals surface area contributed by atoms with E-state index in [1.54, 1.807) is 55.0 Å². The number of nitrogens with one attached hydrogen (secondary N) is 14. The number of halogens is 1. The van der Waals surface area contributed by atoms with Crippen molar-refractivity contribution in [1.29, 1.82) is 5.41 Å². The number of thiol groups is 1. The summed E-state index contributed by atoms with van der Waals surface area (Å²) >= 11 is 8.68. The molecule has 22 N–H and O–H groups in total. The Balaban J connectivity index is 0.745. The molecule has 0 heterocycles. The number of aliphatic carboxylic acids is 1. The Bertz CT molecular complexity index is 5790. The van der Waals surface area contributed by atoms with Gasteiger partial charge in [-0.2, -0.15) is 36.2 Å². The maximum absolute atomic E-state index is 15.1. The van der Waals surface area contributed by atoms with Gasteiger partial charge in [0, 0.05) is 57.5 Å². The van der Waals surface area contributed by atoms with Crippen LogP contribution in [0.1, 0.15) is 115 Å². The van der Waals surface area contributed by atoms with Crippen molar-refractivity contribution >= 4 is 218 Å². The molecule has 0 saturated heterocycles. The summed E-state index contributed by atoms with van der Waals surface area (Å²) in [7, 11) is 0. The van der Waals surface area contributed by atoms with Gasteiger partial charge >= 0.3 is 5.97 Å². The quantitative estimate of drug-likeness (QED) is 0.00491. The Morgan fingerprint density at radius 1 is 0.441 bits per heavy atom. The van der Waals surface area contributed by atoms with E-state index >= 15 is 9.59 Å². The first kappa shape index (κ1) is 105. The molecule has 0 saturated carbocycles. The van der Waals surface area contributed by atoms with Gasteiger partial charge in [0.05, 0.1) is 45.1 Å². The predicted molar refractivity (Wildman–Crippen MR) is 532 cm³/mol. The van der Waals surface area contributed by atoms with Crippen LogP contribution in [0.15, 0.2) is 152 Å². The van der Waals surface area contributed by atoms with Crippen molar-refractivity contribution in [2.75, 3.05) is 82.3 Å². The summed E-state index contributed by atoms with van der Waals surface area (Å²) in [4.78, 5) is 206. The van der Waals surface area contributed by atoms with Crippen molar-refractivity contribution in [2.45, 2.75) is 144 Å². The lowest BCUT2D eigenvalue weighted by Gasteiger charge is -2.28. The lowest BCUT2D eigenvalue weighted by atomic mass is 9.88. The highest BCUT2D eigenvalue weighted by atomic mass is 127. The topological polar surface area (TPSA) is 578 Å². The number of hydrogen-bond donors (Lipinski definition) is 21. The van der Waals surface area contributed by atoms with Crippen molar-refractivity contribution in [3.8, 4) is 5.75 Å². The Morgan fingerprint density at radius 2 is 0.868 bits per heavy atom. The number of amides is 12. The predicted octanol–water partition coefficient (Wildman–Crippen LogP) is 3.72. The van der Waals surface area contributed by atoms with E-state index in [1.165, 1.54) is 23.5 Å². The summed E-state index contributed by atoms with van der Waals surface area (Å²) in [6.45, 7) is -2.85. The highest BCUT2D eigenvalue weighted by Crippen LogP contribution is 2.40. The summed E-state index contributed by atoms with van der Waals surface area (Å²) in [5.41, 5.74) is 13.3. The third-order valence-corrected chi connectivity index (χ3v) is 25.2. The van der Waals surface area contributed by atoms with Gasteiger partial charge in [0.1, 0.15) is 60.6 Å². The number of carbonyl (C=O) groups excluding carboxylic acids is 14. The van der Waals surface area contributed by atoms with Crippen molar-refractivity contribution < 1.29 is 97.1 Å². The fourth-order valence-electron chi connectivity index (χ4n) is 15.7. The molecular weight excluding hydrogens is 1920 g/mol. The van der Waals surface area contributed by atoms with Crippen molar-refractivity contribution in [3.05, 3.63) is 183 Å². The van der Waals surface area contributed by atoms with Crippen LogP contribution in [0, 0.1) is 8.98 Å². The number of benzene rings is 10. The van der Waals surface area contributed by atoms with Crippen molar-refractivity contribution in [2.24, 2.45) is 11.5 Å². The minimum Gasteiger partial charge on any atom is -0.494 e. The molecule has 10 atom stereocenters. The zero-order valence-corrected chi connectivity index (χ0v) is 79.8. The minimum atomic E-state index is -1.85. The Hall–Kier alpha value is -12.6. The number of hydrogen-bond acceptors (Lipinski definition) is 24. The van der Waals surface area contributed by atoms with E-state index < -0.39 is 170 Å². The van der Waals surface area contributed by atoms with Gasteiger partial charge in [0.25, 0.3) is 0 Å². The SMILES string of the molecule is CSCC[C@H](NC(=O)CNC(=O)[C@H](Cc1ccc(I)cc1)NC(=O)[C@H](CCCCNC(=O)CCCCCOc1cc(C(=O)c2ccc3ccc4cccc5ccc2c3c45)cc(C(=O)c2ccc3ccc4cccc5ccc2c3c45)c1)NC(=O)CNC(=O)[C@@H](N)CS)C(=O)N[C@@H](CO)C(=O)N[C@@H](CCCNC(=N)N)C(=O)N[C@H](C(=O)N[C@@H](CCSC)C(=O)N[C@@H](CO)C(=O)NCC(=O)O)[C@@H](C)O. The molecule has 12 amide bonds. The van der Waals surface area contributed by atoms with Crippen LogP contribution in [0.25, 0.3) is 64.6 Å². The van der Waals surface area contributed by atoms with Crippen molar-refractivity contribution in [1.82, 2.24) is 69.1 Å². The molecule has 722 valence electrons. The number of unbranched alkanes of at least 4 members (excludes halogenated alkanes) is 3. The second kappa shape index (κ2) is 51.9. The number of carboxylic acids is 1. The average molecular weight is 2030 g/mol. The second-order valence-corrected chi connectivity index (χ2v) is 36.3. The number of guanidine groups is 1. The lowest BCUT2D eigenvalue weighted by Crippen LogP contribution is -2.62. The van der Waals surface area contributed by atoms with Gasteiger partial charge in [-0.05, 0) is 230 Å². The van der Waals surface area contributed by atoms with Crippen LogP contribution in [0.2, 0.25) is 0 Å². The van der Waals surface area contributed by atoms with Gasteiger partial charge < -0.3 is 106 Å². The van der Waals surface area contributed by atoms with Crippen LogP contribution < -0.4 is 85.3 Å². The Labute approximate surface area is 811 Å². The van der Waals surface area contributed by atoms with Gasteiger partial charge in [0.15, 0.2) is 17.5 Å². The summed E-state index contributed by atoms with van der Waals surface area (Å²) in [6.07, 6.45) is 3.28. The third kappa shape index (κ3) is 29.5. The molecule has 10 rings (SSSR count). The standard InChI is InChI=1S/C96H113IN16O20S3/c1-52(116)84(95(132)109-72(36-41-136-3)92(129)111-74(49-114)89(126)105-48-79(120)121)113-93(130)70(17-11-38-102-96(99)100)108-94(131)75(50-115)112-91(128)71(35-40-135-2)107-78(119)47-104-88(125)73(42-53-19-29-62(97)30-20-53)110-90(127)69(106-77(118)46-103-87(124)68(98)51-134)16-6-7-37-101-76(117)18-5-4-8-39-133-63-44-60(85(122)66-33-27-58-23-21-54-12-9-14-56-25-31-64(66)82(58)80(54)56)43-61(45-63)86(123)67-34-28-59-24-22-55-13-10-15-57-26-32-65(67)83(59)81(55)57/h9-10,12-15,19-34,43-45,52,68-75,84,114-116,134H,4-8,11,16-18,35-42,46-51,98H2,1-3H3,(H,101,117)(H,103,124)(H,104,125)(H,105,126)(H,106,118)(H,107,119)(H,108,131)(H,109,132)(H,110,127)(H,111,129)(H,112,128)(H,113,130)(H,120,121)(H4,99,100,102)/t52-,68+,69+,70+,71+,72+,73+,74+,75+,84+/m1/s1. The fourth-order valence-corrected chi connectivity index (χ4v) is 17.1. The first-order valence-corrected chi connectivity index (χ1v) is 48.8. The van der Waals surface area contributed by atoms with Crippen molar-refractivity contribution in [3.63, 3.8) is 0 Å². The van der Waals surface area contributed by atoms with E-state index in [1.807, 2.05) is 66.0 Å². The number of thioether (sulfide) groups is 2. The Morgan fingerprint density at radius 3 is 1.38 bits per heavy atom. The zero-order valence-electron chi connectivity index (χ0n) is 75.1. The number of carboxylic acid groups (broad SMARTS) is 1. The zero-order chi connectivity index (χ0) is 98.2. The minimum absolute atomic E-state index is 0.00478. The van der Waals surface area contributed by atoms with Gasteiger partial charge in [-0.1, -0.05) is 109 Å². The number of aliphatic hydroxyl groups is 3. The summed E-state index contributed by atoms with van der Waals surface area (Å²) in [5.74, 6) is -12.6. The first-order chi connectivity index (χ1) is 65.3. The maximum Gasteiger partial charge on any atom is 0.322 e. The maximum atomic E-state index is 15.1. The van der Waals surface area contributed by atoms with E-state index in [0.29, 0.717) is 48.1 Å². The molecule has 0 aliphatic rings. The fraction of sp³-hybridized carbons (Fsp3) is 0.375. The molecule has 40 heteroatoms. The van der Waals surface area contributed by atoms with E-state index in [0.717, 1.165) is 75.1 Å². The smallest absolute Gasteiger partial charge is 0.322 e. The normalized spacial score (nSPS) is 13.6. The monoisotopic (exact) mass is 2030 g/mol. The molecule has 0 radical (unpaired) electrons. The number of ketones is 2. The molecule has 10 aromatic carbocycles. The number of nitrogens with two attached hydrogens (primary N) is 2. The summed E-state index contributed by atoms with van der Waals surface area (Å²) < 4.78 is 7.25. The first-order valence-electron chi connectivity index (χ1n) is 44.3. The Kier molecular flexibility index (Phi) is 40.3. The van der Waals surface area contributed by atoms with E-state index in [-0.39, 0.29) is 117 Å². The number of aliphatic hydroxyl groups excluding tert-OH is 3. The van der Waals surface area contributed by atoms with Gasteiger partial charge in [-0.25, -0.2) is 0 Å². The van der Waals surface area contributed by atoms with Crippen LogP contribution in [0.5, 0.6) is 5.75 Å². The second-order valence-electron chi connectivity index (χ2n) is 32.7. The summed E-state index contributed by atoms with van der Waals surface area (Å²) in [6, 6.07) is 34.2. The molecule has 0 bridgehead atoms. The highest BCUT2D eigenvalue weighted by Gasteiger charge is 2.37. The molecular formula is C96H113IN16O20S3. The molecule has 0 aliphatic carbocycles. The number of rotatable bonds is 55. The average Bonchev–Trinajstić information content (AvgIpc) is 0.737. The molecule has 10 aromatic rings. The number of ether oxygens (including phenoxy) is 1. The third-order valence-electron chi connectivity index (χ3n) is 22.8. The molecule has 136 heavy (non-hydrogen) atoms. The van der Waals surface area contributed by atoms with Crippen LogP contribution >= 0.6 is 58.7 Å². The molecule has 0 spiro atoms. The van der Waals surface area contributed by atoms with Crippen LogP contribution in [-0.2, 0) is 68.7 Å². The van der Waals surface area contributed by atoms with Gasteiger partial charge in [-0.3, -0.25) is 77.3 Å². The largest absolute Gasteiger partial charge is 0.494 e. The van der Waals surface area contributed by atoms with E-state index in [9.17, 15) is 77.6 Å². The van der Waals surface area contributed by atoms with E-state index in [2.05, 4.69) is 148 Å². The number of carbonyl (C=O) groups is 15. The molecule has 0 unspecified atom stereocenters. The molecule has 36 nitrogen and oxygen atoms in total. The van der Waals surface area contributed by atoms with Gasteiger partial charge in [-0.15, -0.1) is 0 Å². The van der Waals surface area contributed by atoms with Crippen LogP contribution in [0.3, 0.4) is 0 Å². The molecule has 0 aliphatic heterocycles. The molecule has 0 aromatic heterocycles. The van der Waals surface area contributed by atoms with Crippen LogP contribution in [0.4, 0.5) is 0 Å².